The highest BCUT2D eigenvalue weighted by atomic mass is 19.4. The molecule has 0 radical (unpaired) electrons. The number of aromatic nitrogens is 3. The number of anilines is 1. The molecular formula is C28H26F4N6O4. The summed E-state index contributed by atoms with van der Waals surface area (Å²) in [4.78, 5) is 32.9. The van der Waals surface area contributed by atoms with Crippen LogP contribution in [0.15, 0.2) is 36.5 Å². The zero-order valence-electron chi connectivity index (χ0n) is 22.9. The number of carbonyl (C=O) groups excluding carboxylic acids is 2. The third kappa shape index (κ3) is 5.16. The second kappa shape index (κ2) is 10.1. The third-order valence-electron chi connectivity index (χ3n) is 6.99. The minimum Gasteiger partial charge on any atom is -0.443 e. The molecule has 2 aliphatic heterocycles. The van der Waals surface area contributed by atoms with Crippen LogP contribution in [-0.2, 0) is 11.3 Å². The quantitative estimate of drug-likeness (QED) is 0.437. The van der Waals surface area contributed by atoms with Crippen molar-refractivity contribution in [3.05, 3.63) is 59.2 Å². The van der Waals surface area contributed by atoms with Gasteiger partial charge in [0.25, 0.3) is 5.91 Å². The SMILES string of the molecule is CC(C)(C)OC(=O)N1Cc2nc(-c3c(F)cccc3C#N)cc(-n3ccc(N4CCCC(O)(C(F)(F)F)C4)n3)c2C1=O. The molecule has 5 rings (SSSR count). The minimum absolute atomic E-state index is 0.0151. The van der Waals surface area contributed by atoms with Gasteiger partial charge in [-0.15, -0.1) is 0 Å². The molecule has 10 nitrogen and oxygen atoms in total. The van der Waals surface area contributed by atoms with E-state index < -0.39 is 48.2 Å². The highest BCUT2D eigenvalue weighted by molar-refractivity contribution is 6.08. The summed E-state index contributed by atoms with van der Waals surface area (Å²) in [5.74, 6) is -1.41. The van der Waals surface area contributed by atoms with E-state index in [-0.39, 0.29) is 59.1 Å². The van der Waals surface area contributed by atoms with E-state index in [0.29, 0.717) is 0 Å². The molecule has 42 heavy (non-hydrogen) atoms. The predicted octanol–water partition coefficient (Wildman–Crippen LogP) is 4.73. The number of hydrogen-bond acceptors (Lipinski definition) is 8. The second-order valence-corrected chi connectivity index (χ2v) is 11.2. The Hall–Kier alpha value is -4.51. The molecule has 2 aliphatic rings. The largest absolute Gasteiger partial charge is 0.443 e. The molecule has 14 heteroatoms. The number of halogens is 4. The third-order valence-corrected chi connectivity index (χ3v) is 6.99. The average Bonchev–Trinajstić information content (AvgIpc) is 3.52. The number of imide groups is 1. The fourth-order valence-corrected chi connectivity index (χ4v) is 5.02. The van der Waals surface area contributed by atoms with Gasteiger partial charge in [-0.3, -0.25) is 4.79 Å². The lowest BCUT2D eigenvalue weighted by Crippen LogP contribution is -2.57. The number of amides is 2. The normalized spacial score (nSPS) is 19.1. The molecule has 1 saturated heterocycles. The van der Waals surface area contributed by atoms with Crippen LogP contribution in [0.5, 0.6) is 0 Å². The standard InChI is InChI=1S/C28H26F4N6O4/c1-26(2,3)42-25(40)37-14-19-23(24(37)39)20(12-18(34-19)22-16(13-33)6-4-7-17(22)29)38-11-8-21(35-38)36-10-5-9-27(41,15-36)28(30,31)32/h4,6-8,11-12,41H,5,9-10,14-15H2,1-3H3. The van der Waals surface area contributed by atoms with Crippen LogP contribution in [0.4, 0.5) is 28.2 Å². The molecule has 1 aromatic carbocycles. The summed E-state index contributed by atoms with van der Waals surface area (Å²) < 4.78 is 62.2. The minimum atomic E-state index is -4.84. The maximum Gasteiger partial charge on any atom is 0.418 e. The molecule has 0 saturated carbocycles. The first-order valence-electron chi connectivity index (χ1n) is 13.0. The van der Waals surface area contributed by atoms with Crippen LogP contribution in [0, 0.1) is 17.1 Å². The van der Waals surface area contributed by atoms with E-state index in [9.17, 15) is 33.1 Å². The van der Waals surface area contributed by atoms with Gasteiger partial charge in [0.1, 0.15) is 11.4 Å². The van der Waals surface area contributed by atoms with Gasteiger partial charge in [0, 0.05) is 18.8 Å². The summed E-state index contributed by atoms with van der Waals surface area (Å²) in [5.41, 5.74) is -3.89. The molecule has 0 spiro atoms. The summed E-state index contributed by atoms with van der Waals surface area (Å²) in [6.45, 7) is 4.05. The molecule has 2 amide bonds. The van der Waals surface area contributed by atoms with Crippen molar-refractivity contribution in [2.24, 2.45) is 0 Å². The van der Waals surface area contributed by atoms with E-state index in [1.165, 1.54) is 40.0 Å². The van der Waals surface area contributed by atoms with Crippen LogP contribution in [-0.4, -0.2) is 67.2 Å². The molecule has 0 bridgehead atoms. The highest BCUT2D eigenvalue weighted by Crippen LogP contribution is 2.39. The van der Waals surface area contributed by atoms with Gasteiger partial charge in [0.2, 0.25) is 0 Å². The van der Waals surface area contributed by atoms with E-state index in [1.807, 2.05) is 6.07 Å². The number of ether oxygens (including phenoxy) is 1. The van der Waals surface area contributed by atoms with Crippen molar-refractivity contribution in [1.29, 1.82) is 5.26 Å². The molecule has 1 atom stereocenters. The number of benzene rings is 1. The molecule has 1 fully saturated rings. The maximum atomic E-state index is 15.0. The van der Waals surface area contributed by atoms with Gasteiger partial charge in [-0.05, 0) is 51.8 Å². The van der Waals surface area contributed by atoms with E-state index in [0.717, 1.165) is 11.0 Å². The number of hydrogen-bond donors (Lipinski definition) is 1. The molecule has 220 valence electrons. The number of rotatable bonds is 3. The molecule has 0 aliphatic carbocycles. The highest BCUT2D eigenvalue weighted by Gasteiger charge is 2.55. The fraction of sp³-hybridized carbons (Fsp3) is 0.393. The zero-order chi connectivity index (χ0) is 30.6. The molecular weight excluding hydrogens is 560 g/mol. The Kier molecular flexibility index (Phi) is 6.97. The average molecular weight is 587 g/mol. The van der Waals surface area contributed by atoms with Gasteiger partial charge in [0.15, 0.2) is 11.4 Å². The number of β-amino-alcohol motifs (C(OH)–C–C–N with tert-alkyl or cyclic N) is 1. The Labute approximate surface area is 237 Å². The van der Waals surface area contributed by atoms with Crippen LogP contribution in [0.3, 0.4) is 0 Å². The number of nitriles is 1. The van der Waals surface area contributed by atoms with Crippen molar-refractivity contribution in [2.75, 3.05) is 18.0 Å². The Morgan fingerprint density at radius 1 is 1.19 bits per heavy atom. The van der Waals surface area contributed by atoms with Gasteiger partial charge in [0.05, 0.1) is 52.9 Å². The van der Waals surface area contributed by atoms with E-state index in [2.05, 4.69) is 10.1 Å². The van der Waals surface area contributed by atoms with Gasteiger partial charge in [-0.2, -0.15) is 23.5 Å². The lowest BCUT2D eigenvalue weighted by molar-refractivity contribution is -0.261. The second-order valence-electron chi connectivity index (χ2n) is 11.2. The predicted molar refractivity (Wildman–Crippen MR) is 140 cm³/mol. The van der Waals surface area contributed by atoms with Gasteiger partial charge in [-0.1, -0.05) is 6.07 Å². The molecule has 4 heterocycles. The van der Waals surface area contributed by atoms with Crippen LogP contribution >= 0.6 is 0 Å². The van der Waals surface area contributed by atoms with E-state index in [4.69, 9.17) is 4.74 Å². The summed E-state index contributed by atoms with van der Waals surface area (Å²) in [5, 5.41) is 24.2. The van der Waals surface area contributed by atoms with Crippen LogP contribution in [0.25, 0.3) is 16.9 Å². The lowest BCUT2D eigenvalue weighted by atomic mass is 9.92. The fourth-order valence-electron chi connectivity index (χ4n) is 5.02. The number of carbonyl (C=O) groups is 2. The summed E-state index contributed by atoms with van der Waals surface area (Å²) in [6, 6.07) is 8.57. The van der Waals surface area contributed by atoms with Gasteiger partial charge < -0.3 is 14.7 Å². The number of alkyl halides is 3. The van der Waals surface area contributed by atoms with E-state index >= 15 is 4.39 Å². The smallest absolute Gasteiger partial charge is 0.418 e. The summed E-state index contributed by atoms with van der Waals surface area (Å²) >= 11 is 0. The molecule has 1 N–H and O–H groups in total. The molecule has 1 unspecified atom stereocenters. The first-order valence-corrected chi connectivity index (χ1v) is 13.0. The van der Waals surface area contributed by atoms with Crippen molar-refractivity contribution in [2.45, 2.75) is 57.5 Å². The Bertz CT molecular complexity index is 1620. The summed E-state index contributed by atoms with van der Waals surface area (Å²) in [7, 11) is 0. The lowest BCUT2D eigenvalue weighted by Gasteiger charge is -2.40. The van der Waals surface area contributed by atoms with Crippen molar-refractivity contribution in [3.63, 3.8) is 0 Å². The maximum absolute atomic E-state index is 15.0. The number of aliphatic hydroxyl groups is 1. The number of fused-ring (bicyclic) bond motifs is 1. The van der Waals surface area contributed by atoms with E-state index in [1.54, 1.807) is 20.8 Å². The first kappa shape index (κ1) is 29.0. The Morgan fingerprint density at radius 2 is 1.93 bits per heavy atom. The van der Waals surface area contributed by atoms with Crippen molar-refractivity contribution in [1.82, 2.24) is 19.7 Å². The van der Waals surface area contributed by atoms with Gasteiger partial charge in [-0.25, -0.2) is 23.8 Å². The Balaban J connectivity index is 1.61. The van der Waals surface area contributed by atoms with Crippen LogP contribution in [0.1, 0.15) is 55.2 Å². The first-order chi connectivity index (χ1) is 19.6. The van der Waals surface area contributed by atoms with Crippen molar-refractivity contribution < 1.29 is 37.0 Å². The topological polar surface area (TPSA) is 125 Å². The Morgan fingerprint density at radius 3 is 2.60 bits per heavy atom. The van der Waals surface area contributed by atoms with Gasteiger partial charge >= 0.3 is 12.3 Å². The van der Waals surface area contributed by atoms with Crippen molar-refractivity contribution >= 4 is 17.8 Å². The zero-order valence-corrected chi connectivity index (χ0v) is 22.9. The van der Waals surface area contributed by atoms with Crippen molar-refractivity contribution in [3.8, 4) is 23.0 Å². The molecule has 3 aromatic rings. The summed E-state index contributed by atoms with van der Waals surface area (Å²) in [6.07, 6.45) is -4.77. The van der Waals surface area contributed by atoms with Crippen LogP contribution in [0.2, 0.25) is 0 Å². The number of pyridine rings is 1. The van der Waals surface area contributed by atoms with Crippen LogP contribution < -0.4 is 4.90 Å². The molecule has 2 aromatic heterocycles. The monoisotopic (exact) mass is 586 g/mol. The number of piperidine rings is 1. The number of nitrogens with zero attached hydrogens (tertiary/aromatic N) is 6.